The maximum atomic E-state index is 12.2. The summed E-state index contributed by atoms with van der Waals surface area (Å²) in [6.45, 7) is 0. The number of amides is 1. The highest BCUT2D eigenvalue weighted by molar-refractivity contribution is 6.02. The van der Waals surface area contributed by atoms with Crippen LogP contribution in [0, 0.1) is 0 Å². The van der Waals surface area contributed by atoms with E-state index >= 15 is 0 Å². The Morgan fingerprint density at radius 2 is 2.06 bits per heavy atom. The number of oxazole rings is 1. The van der Waals surface area contributed by atoms with Crippen LogP contribution in [0.25, 0.3) is 0 Å². The molecule has 2 aromatic heterocycles. The summed E-state index contributed by atoms with van der Waals surface area (Å²) in [4.78, 5) is 18.7. The fourth-order valence-corrected chi connectivity index (χ4v) is 1.12. The minimum absolute atomic E-state index is 0.197. The number of pyridine rings is 1. The van der Waals surface area contributed by atoms with Crippen molar-refractivity contribution in [1.29, 1.82) is 0 Å². The molecule has 7 heteroatoms. The first-order chi connectivity index (χ1) is 8.16. The molecule has 0 saturated heterocycles. The molecule has 0 atom stereocenters. The molecule has 2 aromatic rings. The molecule has 0 bridgehead atoms. The summed E-state index contributed by atoms with van der Waals surface area (Å²) >= 11 is 0. The van der Waals surface area contributed by atoms with Gasteiger partial charge in [-0.05, 0) is 12.1 Å². The van der Waals surface area contributed by atoms with Crippen molar-refractivity contribution in [2.45, 2.75) is 6.43 Å². The lowest BCUT2D eigenvalue weighted by Gasteiger charge is -2.00. The molecule has 1 amide bonds. The minimum atomic E-state index is -2.84. The van der Waals surface area contributed by atoms with Gasteiger partial charge < -0.3 is 9.73 Å². The molecule has 0 spiro atoms. The highest BCUT2D eigenvalue weighted by Gasteiger charge is 2.18. The normalized spacial score (nSPS) is 10.5. The maximum Gasteiger partial charge on any atom is 0.313 e. The SMILES string of the molecule is O=C(Nc1ccncc1)c1coc(C(F)F)n1. The van der Waals surface area contributed by atoms with Crippen molar-refractivity contribution >= 4 is 11.6 Å². The molecule has 0 saturated carbocycles. The van der Waals surface area contributed by atoms with Crippen molar-refractivity contribution in [2.24, 2.45) is 0 Å². The lowest BCUT2D eigenvalue weighted by Crippen LogP contribution is -2.12. The highest BCUT2D eigenvalue weighted by atomic mass is 19.3. The molecular formula is C10H7F2N3O2. The van der Waals surface area contributed by atoms with E-state index < -0.39 is 18.2 Å². The molecule has 0 aromatic carbocycles. The van der Waals surface area contributed by atoms with Crippen molar-refractivity contribution in [1.82, 2.24) is 9.97 Å². The number of rotatable bonds is 3. The fraction of sp³-hybridized carbons (Fsp3) is 0.100. The largest absolute Gasteiger partial charge is 0.443 e. The predicted molar refractivity (Wildman–Crippen MR) is 53.7 cm³/mol. The van der Waals surface area contributed by atoms with Gasteiger partial charge in [0, 0.05) is 18.1 Å². The van der Waals surface area contributed by atoms with E-state index in [-0.39, 0.29) is 5.69 Å². The summed E-state index contributed by atoms with van der Waals surface area (Å²) in [6.07, 6.45) is 1.03. The number of nitrogens with one attached hydrogen (secondary N) is 1. The smallest absolute Gasteiger partial charge is 0.313 e. The number of alkyl halides is 2. The highest BCUT2D eigenvalue weighted by Crippen LogP contribution is 2.17. The first kappa shape index (κ1) is 11.2. The van der Waals surface area contributed by atoms with E-state index in [9.17, 15) is 13.6 Å². The van der Waals surface area contributed by atoms with Crippen molar-refractivity contribution in [2.75, 3.05) is 5.32 Å². The zero-order valence-corrected chi connectivity index (χ0v) is 8.43. The van der Waals surface area contributed by atoms with E-state index in [1.165, 1.54) is 12.4 Å². The summed E-state index contributed by atoms with van der Waals surface area (Å²) in [7, 11) is 0. The van der Waals surface area contributed by atoms with Crippen LogP contribution in [0.5, 0.6) is 0 Å². The van der Waals surface area contributed by atoms with Gasteiger partial charge in [0.1, 0.15) is 6.26 Å². The van der Waals surface area contributed by atoms with Crippen molar-refractivity contribution in [3.63, 3.8) is 0 Å². The second kappa shape index (κ2) is 4.69. The van der Waals surface area contributed by atoms with Gasteiger partial charge in [0.05, 0.1) is 0 Å². The number of hydrogen-bond donors (Lipinski definition) is 1. The summed E-state index contributed by atoms with van der Waals surface area (Å²) in [5, 5.41) is 2.46. The van der Waals surface area contributed by atoms with Gasteiger partial charge in [-0.25, -0.2) is 4.98 Å². The van der Waals surface area contributed by atoms with E-state index in [4.69, 9.17) is 0 Å². The lowest BCUT2D eigenvalue weighted by atomic mass is 10.3. The Labute approximate surface area is 94.5 Å². The third kappa shape index (κ3) is 2.63. The number of anilines is 1. The molecule has 0 aliphatic heterocycles. The number of halogens is 2. The van der Waals surface area contributed by atoms with Crippen molar-refractivity contribution in [3.8, 4) is 0 Å². The molecule has 0 aliphatic carbocycles. The van der Waals surface area contributed by atoms with Crippen LogP contribution in [0.2, 0.25) is 0 Å². The fourth-order valence-electron chi connectivity index (χ4n) is 1.12. The number of carbonyl (C=O) groups is 1. The molecule has 88 valence electrons. The third-order valence-corrected chi connectivity index (χ3v) is 1.88. The first-order valence-electron chi connectivity index (χ1n) is 4.62. The molecule has 2 rings (SSSR count). The van der Waals surface area contributed by atoms with Crippen LogP contribution in [0.1, 0.15) is 22.8 Å². The van der Waals surface area contributed by atoms with Crippen LogP contribution >= 0.6 is 0 Å². The molecule has 0 unspecified atom stereocenters. The Morgan fingerprint density at radius 1 is 1.35 bits per heavy atom. The van der Waals surface area contributed by atoms with Gasteiger partial charge >= 0.3 is 6.43 Å². The topological polar surface area (TPSA) is 68.0 Å². The third-order valence-electron chi connectivity index (χ3n) is 1.88. The van der Waals surface area contributed by atoms with Gasteiger partial charge in [-0.15, -0.1) is 0 Å². The maximum absolute atomic E-state index is 12.2. The minimum Gasteiger partial charge on any atom is -0.443 e. The van der Waals surface area contributed by atoms with Gasteiger partial charge in [-0.1, -0.05) is 0 Å². The molecule has 0 radical (unpaired) electrons. The average molecular weight is 239 g/mol. The van der Waals surface area contributed by atoms with E-state index in [0.717, 1.165) is 6.26 Å². The molecule has 0 aliphatic rings. The number of nitrogens with zero attached hydrogens (tertiary/aromatic N) is 2. The standard InChI is InChI=1S/C10H7F2N3O2/c11-8(12)10-15-7(5-17-10)9(16)14-6-1-3-13-4-2-6/h1-5,8H,(H,13,14,16). The number of hydrogen-bond acceptors (Lipinski definition) is 4. The molecule has 2 heterocycles. The molecule has 17 heavy (non-hydrogen) atoms. The van der Waals surface area contributed by atoms with Gasteiger partial charge in [0.2, 0.25) is 0 Å². The van der Waals surface area contributed by atoms with Crippen molar-refractivity contribution < 1.29 is 18.0 Å². The van der Waals surface area contributed by atoms with Gasteiger partial charge in [-0.2, -0.15) is 8.78 Å². The monoisotopic (exact) mass is 239 g/mol. The van der Waals surface area contributed by atoms with Crippen LogP contribution in [0.4, 0.5) is 14.5 Å². The number of aromatic nitrogens is 2. The van der Waals surface area contributed by atoms with Crippen LogP contribution in [-0.2, 0) is 0 Å². The molecule has 1 N–H and O–H groups in total. The van der Waals surface area contributed by atoms with Crippen molar-refractivity contribution in [3.05, 3.63) is 42.4 Å². The second-order valence-corrected chi connectivity index (χ2v) is 3.06. The Balaban J connectivity index is 2.10. The predicted octanol–water partition coefficient (Wildman–Crippen LogP) is 2.26. The van der Waals surface area contributed by atoms with E-state index in [1.54, 1.807) is 12.1 Å². The van der Waals surface area contributed by atoms with Crippen LogP contribution in [0.3, 0.4) is 0 Å². The van der Waals surface area contributed by atoms with Crippen LogP contribution in [0.15, 0.2) is 35.2 Å². The summed E-state index contributed by atoms with van der Waals surface area (Å²) in [5.74, 6) is -1.39. The summed E-state index contributed by atoms with van der Waals surface area (Å²) in [5.41, 5.74) is 0.295. The lowest BCUT2D eigenvalue weighted by molar-refractivity contribution is 0.102. The second-order valence-electron chi connectivity index (χ2n) is 3.06. The molecular weight excluding hydrogens is 232 g/mol. The van der Waals surface area contributed by atoms with Crippen LogP contribution < -0.4 is 5.32 Å². The molecule has 0 fully saturated rings. The number of carbonyl (C=O) groups excluding carboxylic acids is 1. The quantitative estimate of drug-likeness (QED) is 0.891. The van der Waals surface area contributed by atoms with E-state index in [2.05, 4.69) is 19.7 Å². The Hall–Kier alpha value is -2.31. The molecule has 5 nitrogen and oxygen atoms in total. The van der Waals surface area contributed by atoms with Crippen LogP contribution in [-0.4, -0.2) is 15.9 Å². The van der Waals surface area contributed by atoms with Gasteiger partial charge in [0.15, 0.2) is 5.69 Å². The average Bonchev–Trinajstić information content (AvgIpc) is 2.79. The Bertz CT molecular complexity index is 513. The Kier molecular flexibility index (Phi) is 3.08. The van der Waals surface area contributed by atoms with Gasteiger partial charge in [0.25, 0.3) is 11.8 Å². The van der Waals surface area contributed by atoms with E-state index in [0.29, 0.717) is 5.69 Å². The Morgan fingerprint density at radius 3 is 2.65 bits per heavy atom. The first-order valence-corrected chi connectivity index (χ1v) is 4.62. The zero-order valence-electron chi connectivity index (χ0n) is 8.43. The summed E-state index contributed by atoms with van der Waals surface area (Å²) < 4.78 is 28.8. The zero-order chi connectivity index (χ0) is 12.3. The van der Waals surface area contributed by atoms with E-state index in [1.807, 2.05) is 0 Å². The van der Waals surface area contributed by atoms with Gasteiger partial charge in [-0.3, -0.25) is 9.78 Å². The summed E-state index contributed by atoms with van der Waals surface area (Å²) in [6, 6.07) is 3.12.